The fourth-order valence-electron chi connectivity index (χ4n) is 5.01. The van der Waals surface area contributed by atoms with Crippen molar-refractivity contribution in [3.63, 3.8) is 0 Å². The number of carbonyl (C=O) groups excluding carboxylic acids is 3. The molecule has 136 valence electrons. The monoisotopic (exact) mass is 400 g/mol. The molecule has 1 heterocycles. The molecule has 0 spiro atoms. The highest BCUT2D eigenvalue weighted by Crippen LogP contribution is 2.69. The van der Waals surface area contributed by atoms with Gasteiger partial charge in [0.25, 0.3) is 0 Å². The Labute approximate surface area is 164 Å². The van der Waals surface area contributed by atoms with E-state index in [2.05, 4.69) is 0 Å². The minimum Gasteiger partial charge on any atom is -0.548 e. The number of rotatable bonds is 2. The highest BCUT2D eigenvalue weighted by atomic mass is 35.5. The second-order valence-electron chi connectivity index (χ2n) is 7.10. The maximum atomic E-state index is 13.1. The van der Waals surface area contributed by atoms with Gasteiger partial charge in [0.1, 0.15) is 9.75 Å². The molecule has 0 aromatic heterocycles. The van der Waals surface area contributed by atoms with Crippen LogP contribution in [0.25, 0.3) is 0 Å². The average molecular weight is 401 g/mol. The molecule has 27 heavy (non-hydrogen) atoms. The lowest BCUT2D eigenvalue weighted by atomic mass is 9.54. The fourth-order valence-corrected chi connectivity index (χ4v) is 6.11. The summed E-state index contributed by atoms with van der Waals surface area (Å²) in [7, 11) is 0. The number of nitrogens with zero attached hydrogens (tertiary/aromatic N) is 1. The molecule has 1 saturated heterocycles. The van der Waals surface area contributed by atoms with Crippen LogP contribution in [-0.2, 0) is 24.1 Å². The van der Waals surface area contributed by atoms with E-state index in [-0.39, 0.29) is 0 Å². The van der Waals surface area contributed by atoms with E-state index in [1.54, 1.807) is 0 Å². The second kappa shape index (κ2) is 5.12. The number of likely N-dealkylation sites (tertiary alicyclic amines) is 1. The van der Waals surface area contributed by atoms with Gasteiger partial charge in [0.05, 0.1) is 24.3 Å². The number of imide groups is 1. The maximum Gasteiger partial charge on any atom is 0.236 e. The topological polar surface area (TPSA) is 77.5 Å². The van der Waals surface area contributed by atoms with Crippen molar-refractivity contribution in [2.75, 3.05) is 6.54 Å². The number of hydrogen-bond acceptors (Lipinski definition) is 4. The van der Waals surface area contributed by atoms with E-state index in [4.69, 9.17) is 23.2 Å². The highest BCUT2D eigenvalue weighted by Gasteiger charge is 2.72. The predicted octanol–water partition coefficient (Wildman–Crippen LogP) is 1.33. The van der Waals surface area contributed by atoms with E-state index in [0.29, 0.717) is 22.3 Å². The van der Waals surface area contributed by atoms with Gasteiger partial charge >= 0.3 is 0 Å². The number of amides is 2. The lowest BCUT2D eigenvalue weighted by Gasteiger charge is -2.54. The van der Waals surface area contributed by atoms with Gasteiger partial charge in [-0.3, -0.25) is 14.5 Å². The minimum absolute atomic E-state index is 0.627. The van der Waals surface area contributed by atoms with Crippen molar-refractivity contribution in [2.45, 2.75) is 9.75 Å². The van der Waals surface area contributed by atoms with Crippen LogP contribution < -0.4 is 5.11 Å². The summed E-state index contributed by atoms with van der Waals surface area (Å²) in [5, 5.41) is 11.1. The van der Waals surface area contributed by atoms with Crippen molar-refractivity contribution in [1.82, 2.24) is 4.90 Å². The van der Waals surface area contributed by atoms with E-state index in [1.807, 2.05) is 48.5 Å². The molecule has 1 fully saturated rings. The molecule has 2 aromatic rings. The second-order valence-corrected chi connectivity index (χ2v) is 8.30. The molecule has 0 unspecified atom stereocenters. The van der Waals surface area contributed by atoms with E-state index < -0.39 is 45.9 Å². The molecule has 7 heteroatoms. The number of halogens is 2. The number of alkyl halides is 2. The average Bonchev–Trinajstić information content (AvgIpc) is 2.91. The SMILES string of the molecule is O=C([O-])CN1C(=O)[C@@H]2[C@@H](C1=O)C1(Cl)c3ccccc3C2(Cl)c2ccccc21. The van der Waals surface area contributed by atoms with Crippen LogP contribution in [0.2, 0.25) is 0 Å². The Bertz CT molecular complexity index is 928. The van der Waals surface area contributed by atoms with Crippen LogP contribution in [0, 0.1) is 11.8 Å². The van der Waals surface area contributed by atoms with Crippen LogP contribution in [-0.4, -0.2) is 29.2 Å². The Morgan fingerprint density at radius 3 is 1.48 bits per heavy atom. The smallest absolute Gasteiger partial charge is 0.236 e. The predicted molar refractivity (Wildman–Crippen MR) is 94.9 cm³/mol. The molecule has 2 aromatic carbocycles. The minimum atomic E-state index is -1.51. The van der Waals surface area contributed by atoms with E-state index in [1.165, 1.54) is 0 Å². The van der Waals surface area contributed by atoms with E-state index in [9.17, 15) is 19.5 Å². The van der Waals surface area contributed by atoms with E-state index >= 15 is 0 Å². The first kappa shape index (κ1) is 16.8. The van der Waals surface area contributed by atoms with Crippen molar-refractivity contribution in [1.29, 1.82) is 0 Å². The van der Waals surface area contributed by atoms with Gasteiger partial charge in [0, 0.05) is 0 Å². The zero-order valence-corrected chi connectivity index (χ0v) is 15.3. The number of aliphatic carboxylic acids is 1. The molecule has 5 nitrogen and oxygen atoms in total. The van der Waals surface area contributed by atoms with Gasteiger partial charge in [-0.1, -0.05) is 48.5 Å². The number of carboxylic acids is 1. The summed E-state index contributed by atoms with van der Waals surface area (Å²) in [6.07, 6.45) is 0. The summed E-state index contributed by atoms with van der Waals surface area (Å²) in [6, 6.07) is 14.5. The maximum absolute atomic E-state index is 13.1. The van der Waals surface area contributed by atoms with Crippen molar-refractivity contribution in [2.24, 2.45) is 11.8 Å². The number of carboxylic acid groups (broad SMARTS) is 1. The Balaban J connectivity index is 1.86. The van der Waals surface area contributed by atoms with Gasteiger partial charge < -0.3 is 9.90 Å². The molecule has 0 saturated carbocycles. The summed E-state index contributed by atoms with van der Waals surface area (Å²) in [5.74, 6) is -4.72. The lowest BCUT2D eigenvalue weighted by Crippen LogP contribution is -2.57. The third-order valence-electron chi connectivity index (χ3n) is 5.96. The molecule has 0 radical (unpaired) electrons. The van der Waals surface area contributed by atoms with Gasteiger partial charge in [0.15, 0.2) is 0 Å². The number of carbonyl (C=O) groups is 3. The first-order valence-corrected chi connectivity index (χ1v) is 9.21. The summed E-state index contributed by atoms with van der Waals surface area (Å²) in [4.78, 5) is 35.5. The largest absolute Gasteiger partial charge is 0.548 e. The molecule has 2 bridgehead atoms. The third kappa shape index (κ3) is 1.74. The van der Waals surface area contributed by atoms with Gasteiger partial charge in [-0.05, 0) is 22.3 Å². The van der Waals surface area contributed by atoms with Gasteiger partial charge in [-0.15, -0.1) is 23.2 Å². The van der Waals surface area contributed by atoms with Crippen LogP contribution in [0.4, 0.5) is 0 Å². The van der Waals surface area contributed by atoms with Crippen LogP contribution in [0.15, 0.2) is 48.5 Å². The normalized spacial score (nSPS) is 32.9. The molecule has 4 aliphatic rings. The molecule has 6 rings (SSSR count). The molecule has 2 amide bonds. The third-order valence-corrected chi connectivity index (χ3v) is 7.25. The zero-order valence-electron chi connectivity index (χ0n) is 13.8. The Morgan fingerprint density at radius 2 is 1.19 bits per heavy atom. The zero-order chi connectivity index (χ0) is 19.1. The molecule has 2 atom stereocenters. The molecule has 1 aliphatic heterocycles. The number of benzene rings is 2. The van der Waals surface area contributed by atoms with Crippen molar-refractivity contribution in [3.05, 3.63) is 70.8 Å². The van der Waals surface area contributed by atoms with Crippen LogP contribution in [0.3, 0.4) is 0 Å². The summed E-state index contributed by atoms with van der Waals surface area (Å²) in [5.41, 5.74) is 2.72. The Hall–Kier alpha value is -2.37. The standard InChI is InChI=1S/C20H13Cl2NO4/c21-19-10-5-1-2-6-11(10)20(22,13-8-4-3-7-12(13)19)16-15(19)17(26)23(18(16)27)9-14(24)25/h1-8,15-16H,9H2,(H,24,25)/p-1/t15-,16-,19?,20?/m0/s1. The van der Waals surface area contributed by atoms with Gasteiger partial charge in [-0.2, -0.15) is 0 Å². The van der Waals surface area contributed by atoms with Crippen LogP contribution >= 0.6 is 23.2 Å². The van der Waals surface area contributed by atoms with Crippen LogP contribution in [0.5, 0.6) is 0 Å². The Kier molecular flexibility index (Phi) is 3.18. The van der Waals surface area contributed by atoms with Gasteiger partial charge in [-0.25, -0.2) is 0 Å². The lowest BCUT2D eigenvalue weighted by molar-refractivity contribution is -0.305. The fraction of sp³-hybridized carbons (Fsp3) is 0.250. The summed E-state index contributed by atoms with van der Waals surface area (Å²) in [6.45, 7) is -0.808. The first-order valence-electron chi connectivity index (χ1n) is 8.45. The van der Waals surface area contributed by atoms with Crippen molar-refractivity contribution in [3.8, 4) is 0 Å². The summed E-state index contributed by atoms with van der Waals surface area (Å²) >= 11 is 14.3. The molecule has 3 aliphatic carbocycles. The van der Waals surface area contributed by atoms with E-state index in [0.717, 1.165) is 4.90 Å². The molecule has 0 N–H and O–H groups in total. The Morgan fingerprint density at radius 1 is 0.852 bits per heavy atom. The van der Waals surface area contributed by atoms with Gasteiger partial charge in [0.2, 0.25) is 11.8 Å². The van der Waals surface area contributed by atoms with Crippen molar-refractivity contribution >= 4 is 41.0 Å². The van der Waals surface area contributed by atoms with Crippen LogP contribution in [0.1, 0.15) is 22.3 Å². The highest BCUT2D eigenvalue weighted by molar-refractivity contribution is 6.36. The molecular weight excluding hydrogens is 389 g/mol. The van der Waals surface area contributed by atoms with Crippen molar-refractivity contribution < 1.29 is 19.5 Å². The first-order chi connectivity index (χ1) is 12.8. The molecular formula is C20H12Cl2NO4-. The summed E-state index contributed by atoms with van der Waals surface area (Å²) < 4.78 is 0. The number of hydrogen-bond donors (Lipinski definition) is 0. The quantitative estimate of drug-likeness (QED) is 0.562.